The van der Waals surface area contributed by atoms with Crippen molar-refractivity contribution in [3.05, 3.63) is 20.1 Å². The van der Waals surface area contributed by atoms with E-state index in [1.165, 1.54) is 12.7 Å². The minimum atomic E-state index is -0.489. The second-order valence-electron chi connectivity index (χ2n) is 13.9. The zero-order valence-electron chi connectivity index (χ0n) is 28.8. The van der Waals surface area contributed by atoms with Gasteiger partial charge in [-0.25, -0.2) is 34.2 Å². The third-order valence-electron chi connectivity index (χ3n) is 7.79. The topological polar surface area (TPSA) is 229 Å². The number of amides is 2. The summed E-state index contributed by atoms with van der Waals surface area (Å²) < 4.78 is 14.2. The predicted octanol–water partition coefficient (Wildman–Crippen LogP) is 5.14. The van der Waals surface area contributed by atoms with Gasteiger partial charge in [0, 0.05) is 26.2 Å². The molecule has 0 bridgehead atoms. The van der Waals surface area contributed by atoms with Crippen LogP contribution in [0.15, 0.2) is 12.7 Å². The molecule has 2 aliphatic rings. The molecule has 2 fully saturated rings. The van der Waals surface area contributed by atoms with Gasteiger partial charge < -0.3 is 35.8 Å². The molecule has 0 atom stereocenters. The highest BCUT2D eigenvalue weighted by molar-refractivity contribution is 14.1. The first kappa shape index (κ1) is 41.1. The molecule has 0 spiro atoms. The SMILES string of the molecule is C.CN(C(=O)OC(C)(C)C)C1CC(O)C1.CN(C(=O)OC(C)(C)C)C1CC(n2nc(I)c3c(N)ncnc32)C1.Nc1ncnc2n[nH]c(I)c12. The van der Waals surface area contributed by atoms with E-state index in [9.17, 15) is 9.59 Å². The number of ether oxygens (including phenoxy) is 2. The summed E-state index contributed by atoms with van der Waals surface area (Å²) in [6, 6.07) is 0.473. The molecule has 4 heterocycles. The molecule has 0 radical (unpaired) electrons. The van der Waals surface area contributed by atoms with Gasteiger partial charge in [-0.1, -0.05) is 7.43 Å². The van der Waals surface area contributed by atoms with Crippen LogP contribution in [-0.2, 0) is 9.47 Å². The molecule has 17 nitrogen and oxygen atoms in total. The van der Waals surface area contributed by atoms with Crippen molar-refractivity contribution in [2.45, 2.75) is 110 Å². The van der Waals surface area contributed by atoms with E-state index in [4.69, 9.17) is 26.0 Å². The Hall–Kier alpha value is -3.34. The van der Waals surface area contributed by atoms with Gasteiger partial charge in [-0.3, -0.25) is 5.10 Å². The first-order chi connectivity index (χ1) is 22.8. The van der Waals surface area contributed by atoms with Crippen molar-refractivity contribution in [2.75, 3.05) is 25.6 Å². The summed E-state index contributed by atoms with van der Waals surface area (Å²) in [5, 5.41) is 21.9. The second kappa shape index (κ2) is 16.3. The third-order valence-corrected chi connectivity index (χ3v) is 9.33. The fraction of sp³-hybridized carbons (Fsp3) is 0.613. The number of nitrogens with zero attached hydrogens (tertiary/aromatic N) is 9. The zero-order chi connectivity index (χ0) is 36.4. The lowest BCUT2D eigenvalue weighted by molar-refractivity contribution is -0.0157. The van der Waals surface area contributed by atoms with E-state index in [2.05, 4.69) is 80.4 Å². The maximum absolute atomic E-state index is 12.1. The molecule has 0 unspecified atom stereocenters. The van der Waals surface area contributed by atoms with Gasteiger partial charge in [-0.05, 0) is 112 Å². The molecular formula is C31H48I2N12O5. The molecule has 6 N–H and O–H groups in total. The third kappa shape index (κ3) is 10.1. The number of carbonyl (C=O) groups excluding carboxylic acids is 2. The van der Waals surface area contributed by atoms with Gasteiger partial charge >= 0.3 is 12.2 Å². The number of hydrogen-bond donors (Lipinski definition) is 4. The summed E-state index contributed by atoms with van der Waals surface area (Å²) in [6.45, 7) is 11.1. The summed E-state index contributed by atoms with van der Waals surface area (Å²) in [5.74, 6) is 0.908. The van der Waals surface area contributed by atoms with Gasteiger partial charge in [0.05, 0.1) is 22.9 Å². The van der Waals surface area contributed by atoms with Crippen LogP contribution in [-0.4, -0.2) is 110 Å². The number of halogens is 2. The number of nitrogens with two attached hydrogens (primary N) is 2. The number of rotatable bonds is 3. The average Bonchev–Trinajstić information content (AvgIpc) is 3.50. The molecule has 2 saturated carbocycles. The smallest absolute Gasteiger partial charge is 0.410 e. The van der Waals surface area contributed by atoms with Crippen LogP contribution in [0.1, 0.15) is 80.7 Å². The monoisotopic (exact) mass is 922 g/mol. The van der Waals surface area contributed by atoms with Gasteiger partial charge in [-0.15, -0.1) is 0 Å². The number of aliphatic hydroxyl groups is 1. The van der Waals surface area contributed by atoms with E-state index in [0.717, 1.165) is 36.7 Å². The molecule has 0 saturated heterocycles. The molecule has 19 heteroatoms. The Morgan fingerprint density at radius 1 is 0.860 bits per heavy atom. The second-order valence-corrected chi connectivity index (χ2v) is 16.0. The Kier molecular flexibility index (Phi) is 13.4. The number of anilines is 2. The van der Waals surface area contributed by atoms with Gasteiger partial charge in [0.2, 0.25) is 0 Å². The fourth-order valence-corrected chi connectivity index (χ4v) is 6.35. The number of fused-ring (bicyclic) bond motifs is 2. The van der Waals surface area contributed by atoms with Crippen molar-refractivity contribution < 1.29 is 24.2 Å². The predicted molar refractivity (Wildman–Crippen MR) is 207 cm³/mol. The number of hydrogen-bond acceptors (Lipinski definition) is 13. The maximum Gasteiger partial charge on any atom is 0.410 e. The highest BCUT2D eigenvalue weighted by Gasteiger charge is 2.39. The Bertz CT molecular complexity index is 1780. The van der Waals surface area contributed by atoms with Crippen LogP contribution < -0.4 is 11.5 Å². The van der Waals surface area contributed by atoms with Gasteiger partial charge in [-0.2, -0.15) is 10.2 Å². The quantitative estimate of drug-likeness (QED) is 0.196. The van der Waals surface area contributed by atoms with Crippen LogP contribution in [0.25, 0.3) is 22.1 Å². The highest BCUT2D eigenvalue weighted by atomic mass is 127. The minimum Gasteiger partial charge on any atom is -0.444 e. The van der Waals surface area contributed by atoms with E-state index in [0.29, 0.717) is 30.1 Å². The molecule has 2 amide bonds. The van der Waals surface area contributed by atoms with Crippen LogP contribution in [0.2, 0.25) is 0 Å². The van der Waals surface area contributed by atoms with Gasteiger partial charge in [0.15, 0.2) is 11.3 Å². The summed E-state index contributed by atoms with van der Waals surface area (Å²) in [5.41, 5.74) is 11.9. The van der Waals surface area contributed by atoms with Gasteiger partial charge in [0.25, 0.3) is 0 Å². The van der Waals surface area contributed by atoms with Crippen LogP contribution in [0, 0.1) is 7.40 Å². The van der Waals surface area contributed by atoms with Crippen molar-refractivity contribution in [1.29, 1.82) is 0 Å². The summed E-state index contributed by atoms with van der Waals surface area (Å²) in [6.07, 6.45) is 4.95. The van der Waals surface area contributed by atoms with Crippen molar-refractivity contribution in [1.82, 2.24) is 49.7 Å². The van der Waals surface area contributed by atoms with Crippen molar-refractivity contribution in [2.24, 2.45) is 0 Å². The number of aromatic nitrogens is 8. The molecule has 0 aliphatic heterocycles. The van der Waals surface area contributed by atoms with Crippen molar-refractivity contribution >= 4 is 91.1 Å². The first-order valence-corrected chi connectivity index (χ1v) is 17.7. The number of H-pyrrole nitrogens is 1. The molecule has 4 aromatic rings. The number of nitrogen functional groups attached to an aromatic ring is 2. The van der Waals surface area contributed by atoms with Crippen LogP contribution in [0.5, 0.6) is 0 Å². The standard InChI is InChI=1S/C15H21IN6O2.C10H19NO3.C5H4IN5.CH4/c1-15(2,3)24-14(23)21(4)8-5-9(6-8)22-13-10(11(16)20-22)12(17)18-7-19-13;1-10(2,3)14-9(13)11(4)7-5-8(12)6-7;6-3-2-4(7)8-1-9-5(2)11-10-3;/h7-9H,5-6H2,1-4H3,(H2,17,18,19);7-8,12H,5-6H2,1-4H3;1H,(H3,7,8,9,10,11);1H4. The Labute approximate surface area is 318 Å². The Balaban J connectivity index is 0.000000221. The molecule has 50 heavy (non-hydrogen) atoms. The highest BCUT2D eigenvalue weighted by Crippen LogP contribution is 2.38. The lowest BCUT2D eigenvalue weighted by Crippen LogP contribution is -2.49. The molecule has 6 rings (SSSR count). The number of aliphatic hydroxyl groups excluding tert-OH is 1. The van der Waals surface area contributed by atoms with Crippen LogP contribution in [0.4, 0.5) is 21.2 Å². The van der Waals surface area contributed by atoms with E-state index < -0.39 is 11.2 Å². The normalized spacial score (nSPS) is 19.7. The maximum atomic E-state index is 12.1. The van der Waals surface area contributed by atoms with E-state index in [-0.39, 0.29) is 43.8 Å². The number of carbonyl (C=O) groups is 2. The lowest BCUT2D eigenvalue weighted by atomic mass is 9.86. The van der Waals surface area contributed by atoms with E-state index >= 15 is 0 Å². The molecule has 276 valence electrons. The van der Waals surface area contributed by atoms with Crippen molar-refractivity contribution in [3.8, 4) is 0 Å². The summed E-state index contributed by atoms with van der Waals surface area (Å²) in [4.78, 5) is 43.0. The van der Waals surface area contributed by atoms with Crippen LogP contribution >= 0.6 is 45.2 Å². The summed E-state index contributed by atoms with van der Waals surface area (Å²) >= 11 is 4.25. The van der Waals surface area contributed by atoms with E-state index in [1.807, 2.05) is 46.2 Å². The average molecular weight is 923 g/mol. The fourth-order valence-electron chi connectivity index (χ4n) is 4.97. The summed E-state index contributed by atoms with van der Waals surface area (Å²) in [7, 11) is 3.49. The minimum absolute atomic E-state index is 0. The lowest BCUT2D eigenvalue weighted by Gasteiger charge is -2.41. The largest absolute Gasteiger partial charge is 0.444 e. The zero-order valence-corrected chi connectivity index (χ0v) is 33.1. The molecular weight excluding hydrogens is 874 g/mol. The molecule has 0 aromatic carbocycles. The number of aromatic amines is 1. The van der Waals surface area contributed by atoms with Gasteiger partial charge in [0.1, 0.15) is 42.9 Å². The molecule has 4 aromatic heterocycles. The van der Waals surface area contributed by atoms with Crippen molar-refractivity contribution in [3.63, 3.8) is 0 Å². The van der Waals surface area contributed by atoms with E-state index in [1.54, 1.807) is 23.9 Å². The molecule has 2 aliphatic carbocycles. The Morgan fingerprint density at radius 3 is 1.82 bits per heavy atom. The number of nitrogens with one attached hydrogen (secondary N) is 1. The van der Waals surface area contributed by atoms with Crippen LogP contribution in [0.3, 0.4) is 0 Å². The Morgan fingerprint density at radius 2 is 1.34 bits per heavy atom. The first-order valence-electron chi connectivity index (χ1n) is 15.6.